The third kappa shape index (κ3) is 3.36. The zero-order chi connectivity index (χ0) is 19.7. The molecule has 0 radical (unpaired) electrons. The molecule has 1 aliphatic rings. The van der Waals surface area contributed by atoms with Crippen molar-refractivity contribution < 1.29 is 19.1 Å². The van der Waals surface area contributed by atoms with E-state index < -0.39 is 12.1 Å². The highest BCUT2D eigenvalue weighted by molar-refractivity contribution is 7.13. The van der Waals surface area contributed by atoms with E-state index in [0.29, 0.717) is 11.4 Å². The molecule has 142 valence electrons. The first kappa shape index (κ1) is 18.2. The fourth-order valence-corrected chi connectivity index (χ4v) is 3.88. The number of aromatic nitrogens is 1. The molecule has 0 saturated carbocycles. The second kappa shape index (κ2) is 7.44. The SMILES string of the molecule is COC(=O)CN1C(=O)C(C)Oc2ccc(-c3csc(-c4ccccc4)n3)cc21. The van der Waals surface area contributed by atoms with Crippen LogP contribution < -0.4 is 9.64 Å². The van der Waals surface area contributed by atoms with Gasteiger partial charge in [0.05, 0.1) is 18.5 Å². The normalized spacial score (nSPS) is 15.7. The maximum atomic E-state index is 12.6. The molecule has 0 saturated heterocycles. The number of methoxy groups -OCH3 is 1. The van der Waals surface area contributed by atoms with Crippen LogP contribution in [0.25, 0.3) is 21.8 Å². The summed E-state index contributed by atoms with van der Waals surface area (Å²) in [7, 11) is 1.30. The van der Waals surface area contributed by atoms with Crippen molar-refractivity contribution >= 4 is 28.9 Å². The van der Waals surface area contributed by atoms with Crippen LogP contribution >= 0.6 is 11.3 Å². The van der Waals surface area contributed by atoms with Gasteiger partial charge >= 0.3 is 5.97 Å². The minimum Gasteiger partial charge on any atom is -0.479 e. The van der Waals surface area contributed by atoms with Crippen molar-refractivity contribution in [2.75, 3.05) is 18.6 Å². The van der Waals surface area contributed by atoms with Gasteiger partial charge in [0, 0.05) is 16.5 Å². The lowest BCUT2D eigenvalue weighted by molar-refractivity contribution is -0.140. The standard InChI is InChI=1S/C21H18N2O4S/c1-13-21(25)23(11-19(24)26-2)17-10-15(8-9-18(17)27-13)16-12-28-20(22-16)14-6-4-3-5-7-14/h3-10,12-13H,11H2,1-2H3. The Kier molecular flexibility index (Phi) is 4.83. The van der Waals surface area contributed by atoms with Crippen LogP contribution in [0.1, 0.15) is 6.92 Å². The Balaban J connectivity index is 1.71. The average molecular weight is 394 g/mol. The molecule has 3 aromatic rings. The summed E-state index contributed by atoms with van der Waals surface area (Å²) in [5, 5.41) is 2.89. The van der Waals surface area contributed by atoms with E-state index in [1.165, 1.54) is 12.0 Å². The van der Waals surface area contributed by atoms with Crippen LogP contribution in [-0.4, -0.2) is 36.6 Å². The number of thiazole rings is 1. The second-order valence-corrected chi connectivity index (χ2v) is 7.21. The van der Waals surface area contributed by atoms with E-state index in [0.717, 1.165) is 21.8 Å². The molecular formula is C21H18N2O4S. The van der Waals surface area contributed by atoms with Crippen molar-refractivity contribution in [3.63, 3.8) is 0 Å². The van der Waals surface area contributed by atoms with Crippen LogP contribution in [0.5, 0.6) is 5.75 Å². The van der Waals surface area contributed by atoms with Gasteiger partial charge in [0.15, 0.2) is 6.10 Å². The number of hydrogen-bond acceptors (Lipinski definition) is 6. The first-order chi connectivity index (χ1) is 13.6. The lowest BCUT2D eigenvalue weighted by Gasteiger charge is -2.32. The van der Waals surface area contributed by atoms with Crippen molar-refractivity contribution in [3.8, 4) is 27.6 Å². The minimum atomic E-state index is -0.660. The summed E-state index contributed by atoms with van der Waals surface area (Å²) in [6.45, 7) is 1.50. The Hall–Kier alpha value is -3.19. The Morgan fingerprint density at radius 3 is 2.75 bits per heavy atom. The van der Waals surface area contributed by atoms with Gasteiger partial charge in [-0.2, -0.15) is 0 Å². The molecule has 1 unspecified atom stereocenters. The molecule has 1 atom stereocenters. The fraction of sp³-hybridized carbons (Fsp3) is 0.190. The van der Waals surface area contributed by atoms with Gasteiger partial charge in [-0.1, -0.05) is 30.3 Å². The summed E-state index contributed by atoms with van der Waals surface area (Å²) >= 11 is 1.55. The Morgan fingerprint density at radius 2 is 2.00 bits per heavy atom. The molecule has 4 rings (SSSR count). The highest BCUT2D eigenvalue weighted by Gasteiger charge is 2.33. The summed E-state index contributed by atoms with van der Waals surface area (Å²) in [5.41, 5.74) is 3.24. The molecule has 0 N–H and O–H groups in total. The van der Waals surface area contributed by atoms with Crippen LogP contribution in [-0.2, 0) is 14.3 Å². The maximum absolute atomic E-state index is 12.6. The van der Waals surface area contributed by atoms with Crippen LogP contribution in [0.2, 0.25) is 0 Å². The number of nitrogens with zero attached hydrogens (tertiary/aromatic N) is 2. The molecule has 1 aliphatic heterocycles. The maximum Gasteiger partial charge on any atom is 0.325 e. The zero-order valence-corrected chi connectivity index (χ0v) is 16.2. The highest BCUT2D eigenvalue weighted by atomic mass is 32.1. The van der Waals surface area contributed by atoms with Crippen molar-refractivity contribution in [2.45, 2.75) is 13.0 Å². The number of carbonyl (C=O) groups excluding carboxylic acids is 2. The summed E-state index contributed by atoms with van der Waals surface area (Å²) in [5.74, 6) is -0.213. The topological polar surface area (TPSA) is 68.7 Å². The summed E-state index contributed by atoms with van der Waals surface area (Å²) < 4.78 is 10.4. The van der Waals surface area contributed by atoms with Crippen molar-refractivity contribution in [2.24, 2.45) is 0 Å². The Morgan fingerprint density at radius 1 is 1.21 bits per heavy atom. The quantitative estimate of drug-likeness (QED) is 0.630. The fourth-order valence-electron chi connectivity index (χ4n) is 3.04. The van der Waals surface area contributed by atoms with Crippen molar-refractivity contribution in [1.82, 2.24) is 4.98 Å². The average Bonchev–Trinajstić information content (AvgIpc) is 3.22. The number of ether oxygens (including phenoxy) is 2. The molecule has 28 heavy (non-hydrogen) atoms. The number of rotatable bonds is 4. The first-order valence-corrected chi connectivity index (χ1v) is 9.65. The molecule has 2 aromatic carbocycles. The first-order valence-electron chi connectivity index (χ1n) is 8.77. The van der Waals surface area contributed by atoms with E-state index >= 15 is 0 Å². The minimum absolute atomic E-state index is 0.161. The second-order valence-electron chi connectivity index (χ2n) is 6.35. The van der Waals surface area contributed by atoms with Crippen LogP contribution in [0, 0.1) is 0 Å². The van der Waals surface area contributed by atoms with Crippen LogP contribution in [0.4, 0.5) is 5.69 Å². The third-order valence-corrected chi connectivity index (χ3v) is 5.39. The lowest BCUT2D eigenvalue weighted by atomic mass is 10.1. The summed E-state index contributed by atoms with van der Waals surface area (Å²) in [6.07, 6.45) is -0.660. The van der Waals surface area contributed by atoms with E-state index in [2.05, 4.69) is 0 Å². The number of carbonyl (C=O) groups is 2. The van der Waals surface area contributed by atoms with Gasteiger partial charge in [0.2, 0.25) is 0 Å². The Labute approximate surface area is 166 Å². The van der Waals surface area contributed by atoms with Crippen molar-refractivity contribution in [1.29, 1.82) is 0 Å². The molecule has 0 fully saturated rings. The van der Waals surface area contributed by atoms with Crippen LogP contribution in [0.3, 0.4) is 0 Å². The number of esters is 1. The highest BCUT2D eigenvalue weighted by Crippen LogP contribution is 2.38. The van der Waals surface area contributed by atoms with E-state index in [1.54, 1.807) is 24.3 Å². The molecule has 0 bridgehead atoms. The van der Waals surface area contributed by atoms with Crippen molar-refractivity contribution in [3.05, 3.63) is 53.9 Å². The van der Waals surface area contributed by atoms with E-state index in [-0.39, 0.29) is 12.5 Å². The molecule has 1 aromatic heterocycles. The zero-order valence-electron chi connectivity index (χ0n) is 15.4. The van der Waals surface area contributed by atoms with Gasteiger partial charge in [0.25, 0.3) is 5.91 Å². The van der Waals surface area contributed by atoms with Gasteiger partial charge in [-0.05, 0) is 25.1 Å². The number of amides is 1. The smallest absolute Gasteiger partial charge is 0.325 e. The predicted octanol–water partition coefficient (Wildman–Crippen LogP) is 3.76. The molecule has 0 aliphatic carbocycles. The lowest BCUT2D eigenvalue weighted by Crippen LogP contribution is -2.46. The molecule has 2 heterocycles. The molecule has 6 nitrogen and oxygen atoms in total. The van der Waals surface area contributed by atoms with Gasteiger partial charge < -0.3 is 9.47 Å². The Bertz CT molecular complexity index is 1030. The number of hydrogen-bond donors (Lipinski definition) is 0. The molecule has 7 heteroatoms. The van der Waals surface area contributed by atoms with E-state index in [4.69, 9.17) is 14.5 Å². The van der Waals surface area contributed by atoms with Crippen LogP contribution in [0.15, 0.2) is 53.9 Å². The predicted molar refractivity (Wildman–Crippen MR) is 107 cm³/mol. The monoisotopic (exact) mass is 394 g/mol. The summed E-state index contributed by atoms with van der Waals surface area (Å²) in [4.78, 5) is 30.5. The van der Waals surface area contributed by atoms with Gasteiger partial charge in [0.1, 0.15) is 17.3 Å². The van der Waals surface area contributed by atoms with E-state index in [1.807, 2.05) is 47.8 Å². The van der Waals surface area contributed by atoms with Gasteiger partial charge in [-0.15, -0.1) is 11.3 Å². The molecule has 0 spiro atoms. The van der Waals surface area contributed by atoms with Gasteiger partial charge in [-0.3, -0.25) is 14.5 Å². The number of benzene rings is 2. The third-order valence-electron chi connectivity index (χ3n) is 4.50. The largest absolute Gasteiger partial charge is 0.479 e. The molecule has 1 amide bonds. The molecular weight excluding hydrogens is 376 g/mol. The number of fused-ring (bicyclic) bond motifs is 1. The van der Waals surface area contributed by atoms with E-state index in [9.17, 15) is 9.59 Å². The van der Waals surface area contributed by atoms with Gasteiger partial charge in [-0.25, -0.2) is 4.98 Å². The summed E-state index contributed by atoms with van der Waals surface area (Å²) in [6, 6.07) is 15.5. The number of anilines is 1.